The van der Waals surface area contributed by atoms with E-state index in [9.17, 15) is 0 Å². The Kier molecular flexibility index (Phi) is 4.51. The van der Waals surface area contributed by atoms with E-state index in [-0.39, 0.29) is 6.10 Å². The molecule has 2 N–H and O–H groups in total. The van der Waals surface area contributed by atoms with Gasteiger partial charge in [0, 0.05) is 23.9 Å². The fraction of sp³-hybridized carbons (Fsp3) is 0.294. The summed E-state index contributed by atoms with van der Waals surface area (Å²) in [7, 11) is 0. The van der Waals surface area contributed by atoms with Crippen LogP contribution in [0.5, 0.6) is 17.2 Å². The molecule has 2 aromatic carbocycles. The second kappa shape index (κ2) is 6.33. The number of hydrogen-bond acceptors (Lipinski definition) is 3. The van der Waals surface area contributed by atoms with E-state index in [0.29, 0.717) is 11.4 Å². The Morgan fingerprint density at radius 1 is 0.950 bits per heavy atom. The molecule has 0 atom stereocenters. The van der Waals surface area contributed by atoms with Crippen molar-refractivity contribution in [1.29, 1.82) is 0 Å². The van der Waals surface area contributed by atoms with E-state index in [4.69, 9.17) is 15.2 Å². The van der Waals surface area contributed by atoms with Crippen LogP contribution in [0.15, 0.2) is 42.5 Å². The molecule has 0 aromatic heterocycles. The predicted octanol–water partition coefficient (Wildman–Crippen LogP) is 4.41. The van der Waals surface area contributed by atoms with Crippen molar-refractivity contribution in [2.75, 3.05) is 5.73 Å². The summed E-state index contributed by atoms with van der Waals surface area (Å²) in [5, 5.41) is 0. The largest absolute Gasteiger partial charge is 0.491 e. The molecule has 0 radical (unpaired) electrons. The van der Waals surface area contributed by atoms with Gasteiger partial charge in [0.05, 0.1) is 6.10 Å². The summed E-state index contributed by atoms with van der Waals surface area (Å²) >= 11 is 0. The van der Waals surface area contributed by atoms with Crippen LogP contribution in [0, 0.1) is 0 Å². The summed E-state index contributed by atoms with van der Waals surface area (Å²) in [4.78, 5) is 0. The fourth-order valence-electron chi connectivity index (χ4n) is 1.92. The maximum atomic E-state index is 5.87. The average molecular weight is 271 g/mol. The van der Waals surface area contributed by atoms with Gasteiger partial charge >= 0.3 is 0 Å². The summed E-state index contributed by atoms with van der Waals surface area (Å²) in [6, 6.07) is 13.5. The maximum Gasteiger partial charge on any atom is 0.133 e. The molecule has 20 heavy (non-hydrogen) atoms. The van der Waals surface area contributed by atoms with Gasteiger partial charge in [0.25, 0.3) is 0 Å². The molecule has 0 aliphatic carbocycles. The average Bonchev–Trinajstić information content (AvgIpc) is 2.38. The van der Waals surface area contributed by atoms with E-state index >= 15 is 0 Å². The van der Waals surface area contributed by atoms with Gasteiger partial charge in [-0.2, -0.15) is 0 Å². The monoisotopic (exact) mass is 271 g/mol. The lowest BCUT2D eigenvalue weighted by Gasteiger charge is -2.13. The lowest BCUT2D eigenvalue weighted by Crippen LogP contribution is -2.05. The first-order valence-electron chi connectivity index (χ1n) is 6.91. The number of benzene rings is 2. The highest BCUT2D eigenvalue weighted by atomic mass is 16.5. The zero-order valence-electron chi connectivity index (χ0n) is 12.2. The van der Waals surface area contributed by atoms with E-state index in [0.717, 1.165) is 17.9 Å². The SMILES string of the molecule is CCc1ccc(Oc2cc(N)cc(OC(C)C)c2)cc1. The molecule has 0 aliphatic heterocycles. The van der Waals surface area contributed by atoms with Gasteiger partial charge in [-0.1, -0.05) is 19.1 Å². The normalized spacial score (nSPS) is 10.6. The van der Waals surface area contributed by atoms with Crippen LogP contribution >= 0.6 is 0 Å². The quantitative estimate of drug-likeness (QED) is 0.819. The molecule has 0 saturated heterocycles. The lowest BCUT2D eigenvalue weighted by molar-refractivity contribution is 0.242. The molecule has 3 nitrogen and oxygen atoms in total. The van der Waals surface area contributed by atoms with E-state index in [1.807, 2.05) is 32.0 Å². The molecule has 0 spiro atoms. The minimum absolute atomic E-state index is 0.105. The third-order valence-electron chi connectivity index (χ3n) is 2.84. The zero-order valence-corrected chi connectivity index (χ0v) is 12.2. The van der Waals surface area contributed by atoms with Gasteiger partial charge in [0.15, 0.2) is 0 Å². The van der Waals surface area contributed by atoms with Crippen LogP contribution in [0.3, 0.4) is 0 Å². The Bertz CT molecular complexity index is 562. The molecule has 2 rings (SSSR count). The predicted molar refractivity (Wildman–Crippen MR) is 82.5 cm³/mol. The Labute approximate surface area is 120 Å². The molecule has 106 valence electrons. The van der Waals surface area contributed by atoms with Gasteiger partial charge in [0.2, 0.25) is 0 Å². The summed E-state index contributed by atoms with van der Waals surface area (Å²) in [5.74, 6) is 2.20. The van der Waals surface area contributed by atoms with Crippen LogP contribution in [-0.2, 0) is 6.42 Å². The first-order chi connectivity index (χ1) is 9.56. The van der Waals surface area contributed by atoms with E-state index in [1.54, 1.807) is 12.1 Å². The van der Waals surface area contributed by atoms with Crippen molar-refractivity contribution in [3.8, 4) is 17.2 Å². The molecular formula is C17H21NO2. The minimum Gasteiger partial charge on any atom is -0.491 e. The highest BCUT2D eigenvalue weighted by molar-refractivity contribution is 5.51. The van der Waals surface area contributed by atoms with Gasteiger partial charge in [-0.15, -0.1) is 0 Å². The van der Waals surface area contributed by atoms with Gasteiger partial charge in [-0.25, -0.2) is 0 Å². The first-order valence-corrected chi connectivity index (χ1v) is 6.91. The standard InChI is InChI=1S/C17H21NO2/c1-4-13-5-7-15(8-6-13)20-17-10-14(18)9-16(11-17)19-12(2)3/h5-12H,4,18H2,1-3H3. The van der Waals surface area contributed by atoms with Crippen molar-refractivity contribution >= 4 is 5.69 Å². The van der Waals surface area contributed by atoms with Crippen molar-refractivity contribution in [2.45, 2.75) is 33.3 Å². The van der Waals surface area contributed by atoms with Gasteiger partial charge in [-0.05, 0) is 38.0 Å². The topological polar surface area (TPSA) is 44.5 Å². The molecule has 0 aliphatic rings. The fourth-order valence-corrected chi connectivity index (χ4v) is 1.92. The zero-order chi connectivity index (χ0) is 14.5. The van der Waals surface area contributed by atoms with Gasteiger partial charge < -0.3 is 15.2 Å². The van der Waals surface area contributed by atoms with Crippen molar-refractivity contribution in [3.05, 3.63) is 48.0 Å². The van der Waals surface area contributed by atoms with E-state index in [2.05, 4.69) is 19.1 Å². The van der Waals surface area contributed by atoms with Crippen LogP contribution in [0.25, 0.3) is 0 Å². The maximum absolute atomic E-state index is 5.87. The van der Waals surface area contributed by atoms with Crippen LogP contribution in [0.4, 0.5) is 5.69 Å². The van der Waals surface area contributed by atoms with Crippen LogP contribution in [-0.4, -0.2) is 6.10 Å². The smallest absolute Gasteiger partial charge is 0.133 e. The first kappa shape index (κ1) is 14.3. The highest BCUT2D eigenvalue weighted by Gasteiger charge is 2.04. The Balaban J connectivity index is 2.17. The van der Waals surface area contributed by atoms with E-state index < -0.39 is 0 Å². The van der Waals surface area contributed by atoms with Crippen LogP contribution < -0.4 is 15.2 Å². The minimum atomic E-state index is 0.105. The Morgan fingerprint density at radius 2 is 1.60 bits per heavy atom. The van der Waals surface area contributed by atoms with Crippen molar-refractivity contribution in [2.24, 2.45) is 0 Å². The second-order valence-corrected chi connectivity index (χ2v) is 5.00. The molecule has 0 fully saturated rings. The third-order valence-corrected chi connectivity index (χ3v) is 2.84. The summed E-state index contributed by atoms with van der Waals surface area (Å²) in [6.45, 7) is 6.09. The second-order valence-electron chi connectivity index (χ2n) is 5.00. The van der Waals surface area contributed by atoms with Crippen molar-refractivity contribution in [1.82, 2.24) is 0 Å². The van der Waals surface area contributed by atoms with Gasteiger partial charge in [-0.3, -0.25) is 0 Å². The van der Waals surface area contributed by atoms with E-state index in [1.165, 1.54) is 5.56 Å². The Morgan fingerprint density at radius 3 is 2.20 bits per heavy atom. The molecule has 0 bridgehead atoms. The molecule has 0 heterocycles. The molecule has 2 aromatic rings. The van der Waals surface area contributed by atoms with Crippen molar-refractivity contribution < 1.29 is 9.47 Å². The summed E-state index contributed by atoms with van der Waals surface area (Å²) < 4.78 is 11.5. The molecule has 3 heteroatoms. The number of rotatable bonds is 5. The lowest BCUT2D eigenvalue weighted by atomic mass is 10.2. The molecule has 0 unspecified atom stereocenters. The van der Waals surface area contributed by atoms with Gasteiger partial charge in [0.1, 0.15) is 17.2 Å². The number of hydrogen-bond donors (Lipinski definition) is 1. The third kappa shape index (κ3) is 3.92. The Hall–Kier alpha value is -2.16. The molecule has 0 amide bonds. The van der Waals surface area contributed by atoms with Crippen molar-refractivity contribution in [3.63, 3.8) is 0 Å². The summed E-state index contributed by atoms with van der Waals surface area (Å²) in [6.07, 6.45) is 1.12. The summed E-state index contributed by atoms with van der Waals surface area (Å²) in [5.41, 5.74) is 7.79. The number of aryl methyl sites for hydroxylation is 1. The number of anilines is 1. The highest BCUT2D eigenvalue weighted by Crippen LogP contribution is 2.29. The molecular weight excluding hydrogens is 250 g/mol. The number of nitrogen functional groups attached to an aromatic ring is 1. The molecule has 0 saturated carbocycles. The van der Waals surface area contributed by atoms with Crippen LogP contribution in [0.1, 0.15) is 26.3 Å². The van der Waals surface area contributed by atoms with Crippen LogP contribution in [0.2, 0.25) is 0 Å². The number of nitrogens with two attached hydrogens (primary N) is 1. The number of ether oxygens (including phenoxy) is 2.